The Labute approximate surface area is 576 Å². The number of hydrogen-bond donors (Lipinski definition) is 12. The highest BCUT2D eigenvalue weighted by atomic mass is 16.8. The largest absolute Gasteiger partial charge is 0.394 e. The molecule has 0 bridgehead atoms. The van der Waals surface area contributed by atoms with E-state index in [-0.39, 0.29) is 12.3 Å². The number of nitrogens with one attached hydrogen (secondary N) is 1. The van der Waals surface area contributed by atoms with E-state index in [1.807, 2.05) is 6.08 Å². The van der Waals surface area contributed by atoms with Crippen molar-refractivity contribution in [3.8, 4) is 0 Å². The minimum atomic E-state index is -1.99. The standard InChI is InChI=1S/C77H129NO18/c1-3-5-7-9-11-13-15-17-19-21-23-25-27-29-30-31-33-35-37-39-41-43-45-47-49-51-53-55-65(83)78-60(61(82)54-52-50-48-46-44-42-40-38-36-34-32-28-26-24-22-20-18-16-14-12-10-8-6-4-2)59-91-75-71(89)68(86)73(63(57-80)93-75)96-77-72(90)69(87)74(64(58-81)94-77)95-76-70(88)67(85)66(84)62(56-79)92-76/h5,7,11,13,17,19,23,25,29-30,33,35,39,41,44-47,52,54,60-64,66-77,79-82,84-90H,3-4,6,8-10,12,14-16,18,20-22,24,26-28,31-32,34,36-38,40,42-43,48-51,53,55-59H2,1-2H3,(H,78,83)/b7-5-,13-11-,19-17-,25-23-,30-29-,35-33-,41-39-,46-44+,47-45-,54-52+. The smallest absolute Gasteiger partial charge is 0.220 e. The Bertz CT molecular complexity index is 2210. The van der Waals surface area contributed by atoms with E-state index in [1.165, 1.54) is 109 Å². The summed E-state index contributed by atoms with van der Waals surface area (Å²) in [7, 11) is 0. The second-order valence-corrected chi connectivity index (χ2v) is 25.7. The van der Waals surface area contributed by atoms with Gasteiger partial charge in [0.1, 0.15) is 73.2 Å². The van der Waals surface area contributed by atoms with Crippen LogP contribution < -0.4 is 5.32 Å². The number of ether oxygens (including phenoxy) is 6. The molecule has 3 aliphatic heterocycles. The van der Waals surface area contributed by atoms with Crippen molar-refractivity contribution in [3.63, 3.8) is 0 Å². The number of amides is 1. The van der Waals surface area contributed by atoms with Crippen LogP contribution in [0.4, 0.5) is 0 Å². The molecule has 17 atom stereocenters. The van der Waals surface area contributed by atoms with E-state index in [9.17, 15) is 61.0 Å². The number of allylic oxidation sites excluding steroid dienone is 19. The van der Waals surface area contributed by atoms with Crippen LogP contribution >= 0.6 is 0 Å². The second kappa shape index (κ2) is 56.9. The van der Waals surface area contributed by atoms with Gasteiger partial charge in [-0.3, -0.25) is 4.79 Å². The number of carbonyl (C=O) groups excluding carboxylic acids is 1. The lowest BCUT2D eigenvalue weighted by Crippen LogP contribution is -2.66. The zero-order valence-electron chi connectivity index (χ0n) is 58.3. The molecule has 3 heterocycles. The van der Waals surface area contributed by atoms with Gasteiger partial charge in [0.05, 0.1) is 38.6 Å². The maximum atomic E-state index is 13.4. The molecule has 3 saturated heterocycles. The van der Waals surface area contributed by atoms with Crippen LogP contribution in [0, 0.1) is 0 Å². The fraction of sp³-hybridized carbons (Fsp3) is 0.727. The monoisotopic (exact) mass is 1360 g/mol. The molecule has 0 aromatic heterocycles. The zero-order valence-corrected chi connectivity index (χ0v) is 58.3. The number of aliphatic hydroxyl groups is 11. The third-order valence-corrected chi connectivity index (χ3v) is 17.5. The van der Waals surface area contributed by atoms with Crippen LogP contribution in [0.1, 0.15) is 226 Å². The number of rotatable bonds is 55. The maximum Gasteiger partial charge on any atom is 0.220 e. The molecule has 17 unspecified atom stereocenters. The van der Waals surface area contributed by atoms with Crippen molar-refractivity contribution in [3.05, 3.63) is 122 Å². The van der Waals surface area contributed by atoms with Gasteiger partial charge in [0.15, 0.2) is 18.9 Å². The van der Waals surface area contributed by atoms with E-state index in [4.69, 9.17) is 28.4 Å². The van der Waals surface area contributed by atoms with Crippen molar-refractivity contribution in [1.82, 2.24) is 5.32 Å². The lowest BCUT2D eigenvalue weighted by atomic mass is 9.96. The SMILES string of the molecule is CC/C=C\C/C=C\C/C=C\C/C=C\C/C=C\C/C=C\C/C=C\C/C=C\CCCCC(=O)NC(COC1OC(CO)C(OC2OC(CO)C(OC3OC(CO)C(O)C(O)C3O)C(O)C2O)C(O)C1O)C(O)/C=C/CC/C=C/CCCCCCCCCCCCCCCCCCCC. The molecule has 0 aromatic rings. The molecular formula is C77H129NO18. The molecule has 3 fully saturated rings. The van der Waals surface area contributed by atoms with Crippen molar-refractivity contribution in [1.29, 1.82) is 0 Å². The first-order valence-electron chi connectivity index (χ1n) is 36.8. The van der Waals surface area contributed by atoms with Gasteiger partial charge in [0, 0.05) is 6.42 Å². The molecule has 0 spiro atoms. The highest BCUT2D eigenvalue weighted by molar-refractivity contribution is 5.76. The first kappa shape index (κ1) is 86.4. The molecule has 0 aromatic carbocycles. The van der Waals surface area contributed by atoms with Crippen molar-refractivity contribution in [2.24, 2.45) is 0 Å². The third kappa shape index (κ3) is 37.6. The lowest BCUT2D eigenvalue weighted by molar-refractivity contribution is -0.379. The summed E-state index contributed by atoms with van der Waals surface area (Å²) in [6, 6.07) is -1.02. The predicted octanol–water partition coefficient (Wildman–Crippen LogP) is 10.8. The number of unbranched alkanes of at least 4 members (excludes halogenated alkanes) is 21. The first-order valence-corrected chi connectivity index (χ1v) is 36.8. The maximum absolute atomic E-state index is 13.4. The zero-order chi connectivity index (χ0) is 69.6. The Morgan fingerprint density at radius 1 is 0.385 bits per heavy atom. The fourth-order valence-corrected chi connectivity index (χ4v) is 11.6. The third-order valence-electron chi connectivity index (χ3n) is 17.5. The van der Waals surface area contributed by atoms with Crippen molar-refractivity contribution in [2.75, 3.05) is 26.4 Å². The molecule has 19 nitrogen and oxygen atoms in total. The van der Waals surface area contributed by atoms with E-state index in [2.05, 4.69) is 129 Å². The molecule has 96 heavy (non-hydrogen) atoms. The minimum absolute atomic E-state index is 0.172. The predicted molar refractivity (Wildman–Crippen MR) is 378 cm³/mol. The van der Waals surface area contributed by atoms with Gasteiger partial charge in [0.25, 0.3) is 0 Å². The van der Waals surface area contributed by atoms with Crippen LogP contribution in [0.3, 0.4) is 0 Å². The summed E-state index contributed by atoms with van der Waals surface area (Å²) >= 11 is 0. The van der Waals surface area contributed by atoms with Gasteiger partial charge in [-0.1, -0.05) is 245 Å². The fourth-order valence-electron chi connectivity index (χ4n) is 11.6. The Morgan fingerprint density at radius 2 is 0.729 bits per heavy atom. The lowest BCUT2D eigenvalue weighted by Gasteiger charge is -2.48. The molecule has 19 heteroatoms. The molecule has 0 aliphatic carbocycles. The van der Waals surface area contributed by atoms with Gasteiger partial charge >= 0.3 is 0 Å². The highest BCUT2D eigenvalue weighted by Gasteiger charge is 2.53. The van der Waals surface area contributed by atoms with Gasteiger partial charge in [-0.05, 0) is 96.3 Å². The van der Waals surface area contributed by atoms with Crippen molar-refractivity contribution < 1.29 is 89.4 Å². The van der Waals surface area contributed by atoms with Crippen LogP contribution in [0.25, 0.3) is 0 Å². The topological polar surface area (TPSA) is 307 Å². The van der Waals surface area contributed by atoms with Crippen LogP contribution in [-0.4, -0.2) is 193 Å². The number of carbonyl (C=O) groups is 1. The summed E-state index contributed by atoms with van der Waals surface area (Å²) in [6.07, 6.45) is 51.7. The Morgan fingerprint density at radius 3 is 1.17 bits per heavy atom. The summed E-state index contributed by atoms with van der Waals surface area (Å²) in [5.41, 5.74) is 0. The molecular weight excluding hydrogens is 1230 g/mol. The average Bonchev–Trinajstić information content (AvgIpc) is 1.09. The minimum Gasteiger partial charge on any atom is -0.394 e. The molecule has 550 valence electrons. The quantitative estimate of drug-likeness (QED) is 0.0199. The van der Waals surface area contributed by atoms with E-state index >= 15 is 0 Å². The van der Waals surface area contributed by atoms with Gasteiger partial charge in [-0.15, -0.1) is 0 Å². The summed E-state index contributed by atoms with van der Waals surface area (Å²) < 4.78 is 34.3. The van der Waals surface area contributed by atoms with Gasteiger partial charge in [0.2, 0.25) is 5.91 Å². The normalized spacial score (nSPS) is 27.8. The van der Waals surface area contributed by atoms with Crippen LogP contribution in [0.15, 0.2) is 122 Å². The van der Waals surface area contributed by atoms with Crippen molar-refractivity contribution >= 4 is 5.91 Å². The summed E-state index contributed by atoms with van der Waals surface area (Å²) in [5.74, 6) is -0.332. The molecule has 12 N–H and O–H groups in total. The average molecular weight is 1360 g/mol. The first-order chi connectivity index (χ1) is 46.8. The number of aliphatic hydroxyl groups excluding tert-OH is 11. The van der Waals surface area contributed by atoms with Crippen LogP contribution in [-0.2, 0) is 33.2 Å². The second-order valence-electron chi connectivity index (χ2n) is 25.7. The molecule has 1 amide bonds. The van der Waals surface area contributed by atoms with Gasteiger partial charge < -0.3 is 89.9 Å². The summed E-state index contributed by atoms with van der Waals surface area (Å²) in [5, 5.41) is 121. The Hall–Kier alpha value is -3.81. The number of hydrogen-bond acceptors (Lipinski definition) is 18. The van der Waals surface area contributed by atoms with Crippen LogP contribution in [0.5, 0.6) is 0 Å². The summed E-state index contributed by atoms with van der Waals surface area (Å²) in [4.78, 5) is 13.4. The molecule has 0 radical (unpaired) electrons. The molecule has 3 aliphatic rings. The van der Waals surface area contributed by atoms with Crippen LogP contribution in [0.2, 0.25) is 0 Å². The summed E-state index contributed by atoms with van der Waals surface area (Å²) in [6.45, 7) is 1.57. The van der Waals surface area contributed by atoms with Gasteiger partial charge in [-0.2, -0.15) is 0 Å². The van der Waals surface area contributed by atoms with E-state index < -0.39 is 131 Å². The Kier molecular flexibility index (Phi) is 51.2. The van der Waals surface area contributed by atoms with E-state index in [1.54, 1.807) is 6.08 Å². The van der Waals surface area contributed by atoms with Crippen molar-refractivity contribution in [2.45, 2.75) is 330 Å². The molecule has 0 saturated carbocycles. The Balaban J connectivity index is 1.46. The van der Waals surface area contributed by atoms with E-state index in [0.29, 0.717) is 12.8 Å². The van der Waals surface area contributed by atoms with Gasteiger partial charge in [-0.25, -0.2) is 0 Å². The highest BCUT2D eigenvalue weighted by Crippen LogP contribution is 2.33. The van der Waals surface area contributed by atoms with E-state index in [0.717, 1.165) is 83.5 Å². The molecule has 3 rings (SSSR count).